The van der Waals surface area contributed by atoms with Gasteiger partial charge in [-0.2, -0.15) is 11.8 Å². The van der Waals surface area contributed by atoms with Gasteiger partial charge in [-0.15, -0.1) is 0 Å². The number of nitrogen functional groups attached to an aromatic ring is 1. The van der Waals surface area contributed by atoms with Crippen LogP contribution in [0, 0.1) is 6.92 Å². The van der Waals surface area contributed by atoms with Crippen LogP contribution in [0.5, 0.6) is 0 Å². The number of aromatic nitrogens is 2. The number of anilines is 1. The van der Waals surface area contributed by atoms with E-state index in [1.165, 1.54) is 24.2 Å². The minimum Gasteiger partial charge on any atom is -0.383 e. The molecule has 3 nitrogen and oxygen atoms in total. The summed E-state index contributed by atoms with van der Waals surface area (Å²) in [7, 11) is 0. The number of hydrogen-bond acceptors (Lipinski definition) is 3. The molecule has 2 aromatic rings. The molecule has 1 aliphatic rings. The van der Waals surface area contributed by atoms with Gasteiger partial charge >= 0.3 is 0 Å². The van der Waals surface area contributed by atoms with Crippen molar-refractivity contribution in [3.05, 3.63) is 29.6 Å². The van der Waals surface area contributed by atoms with Gasteiger partial charge in [-0.3, -0.25) is 4.40 Å². The molecule has 90 valence electrons. The van der Waals surface area contributed by atoms with E-state index in [-0.39, 0.29) is 0 Å². The lowest BCUT2D eigenvalue weighted by atomic mass is 10.0. The van der Waals surface area contributed by atoms with Crippen LogP contribution in [0.25, 0.3) is 5.65 Å². The smallest absolute Gasteiger partial charge is 0.141 e. The van der Waals surface area contributed by atoms with Crippen LogP contribution in [0.15, 0.2) is 18.3 Å². The maximum atomic E-state index is 6.23. The van der Waals surface area contributed by atoms with E-state index in [0.717, 1.165) is 22.9 Å². The predicted molar refractivity (Wildman–Crippen MR) is 73.6 cm³/mol. The van der Waals surface area contributed by atoms with Crippen molar-refractivity contribution in [2.24, 2.45) is 0 Å². The molecule has 0 spiro atoms. The standard InChI is InChI=1S/C13H17N3S/c1-9-4-2-6-16-12(14)11(15-13(9)16)10-5-3-7-17-8-10/h2,4,6,10H,3,5,7-8,14H2,1H3. The van der Waals surface area contributed by atoms with Gasteiger partial charge < -0.3 is 5.73 Å². The van der Waals surface area contributed by atoms with Gasteiger partial charge in [0.05, 0.1) is 5.69 Å². The van der Waals surface area contributed by atoms with E-state index in [0.29, 0.717) is 5.92 Å². The molecule has 4 heteroatoms. The van der Waals surface area contributed by atoms with Crippen LogP contribution < -0.4 is 5.73 Å². The minimum absolute atomic E-state index is 0.535. The summed E-state index contributed by atoms with van der Waals surface area (Å²) in [6.45, 7) is 2.08. The normalized spacial score (nSPS) is 20.9. The number of aryl methyl sites for hydroxylation is 1. The molecule has 1 fully saturated rings. The minimum atomic E-state index is 0.535. The Bertz CT molecular complexity index is 541. The van der Waals surface area contributed by atoms with E-state index in [4.69, 9.17) is 10.7 Å². The summed E-state index contributed by atoms with van der Waals surface area (Å²) in [5, 5.41) is 0. The highest BCUT2D eigenvalue weighted by molar-refractivity contribution is 7.99. The Morgan fingerprint density at radius 2 is 2.41 bits per heavy atom. The highest BCUT2D eigenvalue weighted by Gasteiger charge is 2.22. The lowest BCUT2D eigenvalue weighted by Crippen LogP contribution is -2.11. The van der Waals surface area contributed by atoms with E-state index in [2.05, 4.69) is 13.0 Å². The van der Waals surface area contributed by atoms with Crippen molar-refractivity contribution in [1.29, 1.82) is 0 Å². The molecule has 1 unspecified atom stereocenters. The summed E-state index contributed by atoms with van der Waals surface area (Å²) in [6.07, 6.45) is 4.51. The fourth-order valence-corrected chi connectivity index (χ4v) is 3.64. The SMILES string of the molecule is Cc1cccn2c(N)c(C3CCCSC3)nc12. The monoisotopic (exact) mass is 247 g/mol. The Labute approximate surface area is 105 Å². The summed E-state index contributed by atoms with van der Waals surface area (Å²) < 4.78 is 2.02. The van der Waals surface area contributed by atoms with Crippen molar-refractivity contribution >= 4 is 23.2 Å². The first-order chi connectivity index (χ1) is 8.27. The Morgan fingerprint density at radius 1 is 1.53 bits per heavy atom. The molecule has 0 aliphatic carbocycles. The highest BCUT2D eigenvalue weighted by Crippen LogP contribution is 2.34. The average molecular weight is 247 g/mol. The Hall–Kier alpha value is -1.16. The molecule has 0 amide bonds. The molecule has 2 N–H and O–H groups in total. The van der Waals surface area contributed by atoms with Crippen molar-refractivity contribution in [2.75, 3.05) is 17.2 Å². The lowest BCUT2D eigenvalue weighted by Gasteiger charge is -2.19. The van der Waals surface area contributed by atoms with Gasteiger partial charge in [-0.05, 0) is 37.1 Å². The van der Waals surface area contributed by atoms with Gasteiger partial charge in [0, 0.05) is 17.9 Å². The van der Waals surface area contributed by atoms with Crippen LogP contribution in [0.3, 0.4) is 0 Å². The average Bonchev–Trinajstić information content (AvgIpc) is 2.70. The van der Waals surface area contributed by atoms with Crippen LogP contribution in [0.1, 0.15) is 30.0 Å². The Kier molecular flexibility index (Phi) is 2.74. The molecular weight excluding hydrogens is 230 g/mol. The number of imidazole rings is 1. The third kappa shape index (κ3) is 1.80. The first-order valence-corrected chi connectivity index (χ1v) is 7.23. The zero-order valence-electron chi connectivity index (χ0n) is 10.0. The first kappa shape index (κ1) is 11.0. The van der Waals surface area contributed by atoms with Gasteiger partial charge in [0.15, 0.2) is 0 Å². The highest BCUT2D eigenvalue weighted by atomic mass is 32.2. The van der Waals surface area contributed by atoms with Crippen molar-refractivity contribution in [3.63, 3.8) is 0 Å². The lowest BCUT2D eigenvalue weighted by molar-refractivity contribution is 0.649. The van der Waals surface area contributed by atoms with Gasteiger partial charge in [-0.1, -0.05) is 6.07 Å². The predicted octanol–water partition coefficient (Wildman–Crippen LogP) is 2.84. The molecule has 0 radical (unpaired) electrons. The topological polar surface area (TPSA) is 43.3 Å². The fourth-order valence-electron chi connectivity index (χ4n) is 2.50. The third-order valence-electron chi connectivity index (χ3n) is 3.46. The molecular formula is C13H17N3S. The van der Waals surface area contributed by atoms with E-state index < -0.39 is 0 Å². The van der Waals surface area contributed by atoms with E-state index in [9.17, 15) is 0 Å². The molecule has 17 heavy (non-hydrogen) atoms. The maximum Gasteiger partial charge on any atom is 0.141 e. The van der Waals surface area contributed by atoms with Gasteiger partial charge in [-0.25, -0.2) is 4.98 Å². The summed E-state index contributed by atoms with van der Waals surface area (Å²) in [4.78, 5) is 4.76. The molecule has 3 rings (SSSR count). The van der Waals surface area contributed by atoms with Crippen LogP contribution in [-0.4, -0.2) is 20.9 Å². The number of pyridine rings is 1. The van der Waals surface area contributed by atoms with Crippen LogP contribution >= 0.6 is 11.8 Å². The summed E-state index contributed by atoms with van der Waals surface area (Å²) in [6, 6.07) is 4.11. The van der Waals surface area contributed by atoms with E-state index in [1.54, 1.807) is 0 Å². The fraction of sp³-hybridized carbons (Fsp3) is 0.462. The second-order valence-electron chi connectivity index (χ2n) is 4.68. The molecule has 0 aromatic carbocycles. The number of rotatable bonds is 1. The number of nitrogens with two attached hydrogens (primary N) is 1. The van der Waals surface area contributed by atoms with Gasteiger partial charge in [0.2, 0.25) is 0 Å². The van der Waals surface area contributed by atoms with Crippen LogP contribution in [-0.2, 0) is 0 Å². The summed E-state index contributed by atoms with van der Waals surface area (Å²) in [5.41, 5.74) is 9.53. The Balaban J connectivity index is 2.10. The van der Waals surface area contributed by atoms with E-state index >= 15 is 0 Å². The molecule has 1 aliphatic heterocycles. The number of nitrogens with zero attached hydrogens (tertiary/aromatic N) is 2. The second-order valence-corrected chi connectivity index (χ2v) is 5.83. The molecule has 0 saturated carbocycles. The quantitative estimate of drug-likeness (QED) is 0.842. The summed E-state index contributed by atoms with van der Waals surface area (Å²) >= 11 is 2.02. The van der Waals surface area contributed by atoms with Gasteiger partial charge in [0.25, 0.3) is 0 Å². The maximum absolute atomic E-state index is 6.23. The number of thioether (sulfide) groups is 1. The van der Waals surface area contributed by atoms with E-state index in [1.807, 2.05) is 28.4 Å². The Morgan fingerprint density at radius 3 is 3.12 bits per heavy atom. The third-order valence-corrected chi connectivity index (χ3v) is 4.67. The van der Waals surface area contributed by atoms with Crippen molar-refractivity contribution in [2.45, 2.75) is 25.7 Å². The number of hydrogen-bond donors (Lipinski definition) is 1. The zero-order chi connectivity index (χ0) is 11.8. The first-order valence-electron chi connectivity index (χ1n) is 6.08. The second kappa shape index (κ2) is 4.26. The molecule has 3 heterocycles. The summed E-state index contributed by atoms with van der Waals surface area (Å²) in [5.74, 6) is 3.81. The molecule has 0 bridgehead atoms. The van der Waals surface area contributed by atoms with Crippen LogP contribution in [0.2, 0.25) is 0 Å². The molecule has 1 atom stereocenters. The van der Waals surface area contributed by atoms with Crippen molar-refractivity contribution < 1.29 is 0 Å². The van der Waals surface area contributed by atoms with Crippen LogP contribution in [0.4, 0.5) is 5.82 Å². The molecule has 1 saturated heterocycles. The van der Waals surface area contributed by atoms with Crippen molar-refractivity contribution in [1.82, 2.24) is 9.38 Å². The van der Waals surface area contributed by atoms with Crippen molar-refractivity contribution in [3.8, 4) is 0 Å². The number of fused-ring (bicyclic) bond motifs is 1. The largest absolute Gasteiger partial charge is 0.383 e. The van der Waals surface area contributed by atoms with Gasteiger partial charge in [0.1, 0.15) is 11.5 Å². The molecule has 2 aromatic heterocycles. The zero-order valence-corrected chi connectivity index (χ0v) is 10.8.